The van der Waals surface area contributed by atoms with Gasteiger partial charge in [0.05, 0.1) is 5.56 Å². The van der Waals surface area contributed by atoms with E-state index in [-0.39, 0.29) is 5.56 Å². The Bertz CT molecular complexity index is 554. The van der Waals surface area contributed by atoms with Crippen LogP contribution in [0.4, 0.5) is 4.39 Å². The minimum atomic E-state index is -0.483. The molecule has 2 aromatic rings. The molecule has 76 valence electrons. The molecule has 0 saturated carbocycles. The SMILES string of the molecule is Cc1cncc2c(Br)cc(C=O)c(F)c12. The van der Waals surface area contributed by atoms with Crippen molar-refractivity contribution in [1.82, 2.24) is 4.98 Å². The molecule has 1 heterocycles. The van der Waals surface area contributed by atoms with Crippen molar-refractivity contribution in [1.29, 1.82) is 0 Å². The van der Waals surface area contributed by atoms with Gasteiger partial charge in [0.2, 0.25) is 0 Å². The molecular formula is C11H7BrFNO. The van der Waals surface area contributed by atoms with Gasteiger partial charge in [0.1, 0.15) is 5.82 Å². The minimum Gasteiger partial charge on any atom is -0.298 e. The number of aryl methyl sites for hydroxylation is 1. The predicted molar refractivity (Wildman–Crippen MR) is 59.5 cm³/mol. The largest absolute Gasteiger partial charge is 0.298 e. The summed E-state index contributed by atoms with van der Waals surface area (Å²) in [5, 5.41) is 1.12. The van der Waals surface area contributed by atoms with Crippen molar-refractivity contribution in [3.63, 3.8) is 0 Å². The van der Waals surface area contributed by atoms with E-state index in [1.165, 1.54) is 6.07 Å². The van der Waals surface area contributed by atoms with E-state index in [0.717, 1.165) is 5.56 Å². The zero-order chi connectivity index (χ0) is 11.0. The molecule has 0 N–H and O–H groups in total. The number of rotatable bonds is 1. The molecule has 0 saturated heterocycles. The minimum absolute atomic E-state index is 0.0590. The second-order valence-corrected chi connectivity index (χ2v) is 4.11. The molecule has 1 aromatic heterocycles. The molecular weight excluding hydrogens is 261 g/mol. The van der Waals surface area contributed by atoms with Crippen LogP contribution in [0.3, 0.4) is 0 Å². The second-order valence-electron chi connectivity index (χ2n) is 3.26. The summed E-state index contributed by atoms with van der Waals surface area (Å²) in [5.74, 6) is -0.483. The number of carbonyl (C=O) groups is 1. The van der Waals surface area contributed by atoms with Crippen molar-refractivity contribution < 1.29 is 9.18 Å². The molecule has 0 aliphatic heterocycles. The van der Waals surface area contributed by atoms with E-state index in [1.807, 2.05) is 0 Å². The number of fused-ring (bicyclic) bond motifs is 1. The second kappa shape index (κ2) is 3.70. The molecule has 0 aliphatic carbocycles. The lowest BCUT2D eigenvalue weighted by Crippen LogP contribution is -1.93. The number of aldehydes is 1. The molecule has 0 spiro atoms. The lowest BCUT2D eigenvalue weighted by atomic mass is 10.1. The van der Waals surface area contributed by atoms with Gasteiger partial charge in [-0.15, -0.1) is 0 Å². The molecule has 2 rings (SSSR count). The number of aromatic nitrogens is 1. The Hall–Kier alpha value is -1.29. The van der Waals surface area contributed by atoms with Crippen LogP contribution in [0.1, 0.15) is 15.9 Å². The number of hydrogen-bond donors (Lipinski definition) is 0. The average molecular weight is 268 g/mol. The van der Waals surface area contributed by atoms with E-state index < -0.39 is 5.82 Å². The maximum atomic E-state index is 13.8. The van der Waals surface area contributed by atoms with Crippen molar-refractivity contribution in [2.75, 3.05) is 0 Å². The topological polar surface area (TPSA) is 30.0 Å². The van der Waals surface area contributed by atoms with E-state index in [2.05, 4.69) is 20.9 Å². The Morgan fingerprint density at radius 1 is 1.47 bits per heavy atom. The third-order valence-corrected chi connectivity index (χ3v) is 2.93. The van der Waals surface area contributed by atoms with Crippen LogP contribution in [0.2, 0.25) is 0 Å². The van der Waals surface area contributed by atoms with E-state index in [0.29, 0.717) is 21.5 Å². The van der Waals surface area contributed by atoms with Gasteiger partial charge in [0, 0.05) is 27.6 Å². The summed E-state index contributed by atoms with van der Waals surface area (Å²) in [6, 6.07) is 1.46. The number of halogens is 2. The maximum Gasteiger partial charge on any atom is 0.153 e. The predicted octanol–water partition coefficient (Wildman–Crippen LogP) is 3.26. The number of carbonyl (C=O) groups excluding carboxylic acids is 1. The van der Waals surface area contributed by atoms with Crippen molar-refractivity contribution in [3.05, 3.63) is 39.9 Å². The highest BCUT2D eigenvalue weighted by atomic mass is 79.9. The average Bonchev–Trinajstić information content (AvgIpc) is 2.23. The van der Waals surface area contributed by atoms with Gasteiger partial charge in [-0.1, -0.05) is 15.9 Å². The van der Waals surface area contributed by atoms with Crippen LogP contribution in [0, 0.1) is 12.7 Å². The smallest absolute Gasteiger partial charge is 0.153 e. The Labute approximate surface area is 94.3 Å². The third-order valence-electron chi connectivity index (χ3n) is 2.27. The summed E-state index contributed by atoms with van der Waals surface area (Å²) in [6.45, 7) is 1.76. The molecule has 2 nitrogen and oxygen atoms in total. The summed E-state index contributed by atoms with van der Waals surface area (Å²) in [4.78, 5) is 14.6. The van der Waals surface area contributed by atoms with E-state index in [4.69, 9.17) is 0 Å². The van der Waals surface area contributed by atoms with Gasteiger partial charge < -0.3 is 0 Å². The highest BCUT2D eigenvalue weighted by Gasteiger charge is 2.12. The van der Waals surface area contributed by atoms with Gasteiger partial charge in [-0.25, -0.2) is 4.39 Å². The first-order valence-electron chi connectivity index (χ1n) is 4.32. The molecule has 0 bridgehead atoms. The molecule has 0 aliphatic rings. The molecule has 0 unspecified atom stereocenters. The van der Waals surface area contributed by atoms with E-state index in [1.54, 1.807) is 19.3 Å². The van der Waals surface area contributed by atoms with Crippen LogP contribution in [0.5, 0.6) is 0 Å². The first-order valence-corrected chi connectivity index (χ1v) is 5.12. The molecule has 0 atom stereocenters. The number of benzene rings is 1. The summed E-state index contributed by atoms with van der Waals surface area (Å²) in [5.41, 5.74) is 0.776. The highest BCUT2D eigenvalue weighted by Crippen LogP contribution is 2.29. The van der Waals surface area contributed by atoms with E-state index >= 15 is 0 Å². The van der Waals surface area contributed by atoms with Crippen LogP contribution in [0.15, 0.2) is 22.9 Å². The number of nitrogens with zero attached hydrogens (tertiary/aromatic N) is 1. The van der Waals surface area contributed by atoms with Crippen molar-refractivity contribution >= 4 is 33.0 Å². The first-order chi connectivity index (χ1) is 7.15. The molecule has 0 amide bonds. The molecule has 4 heteroatoms. The lowest BCUT2D eigenvalue weighted by molar-refractivity contribution is 0.112. The highest BCUT2D eigenvalue weighted by molar-refractivity contribution is 9.10. The van der Waals surface area contributed by atoms with Crippen LogP contribution in [-0.2, 0) is 0 Å². The quantitative estimate of drug-likeness (QED) is 0.743. The summed E-state index contributed by atoms with van der Waals surface area (Å²) >= 11 is 3.29. The standard InChI is InChI=1S/C11H7BrFNO/c1-6-3-14-4-8-9(12)2-7(5-15)11(13)10(6)8/h2-5H,1H3. The molecule has 0 radical (unpaired) electrons. The van der Waals surface area contributed by atoms with Crippen LogP contribution in [-0.4, -0.2) is 11.3 Å². The zero-order valence-electron chi connectivity index (χ0n) is 7.92. The van der Waals surface area contributed by atoms with Crippen LogP contribution in [0.25, 0.3) is 10.8 Å². The fraction of sp³-hybridized carbons (Fsp3) is 0.0909. The van der Waals surface area contributed by atoms with Gasteiger partial charge in [-0.3, -0.25) is 9.78 Å². The van der Waals surface area contributed by atoms with Gasteiger partial charge in [-0.05, 0) is 18.6 Å². The Kier molecular flexibility index (Phi) is 2.52. The van der Waals surface area contributed by atoms with Gasteiger partial charge >= 0.3 is 0 Å². The van der Waals surface area contributed by atoms with Crippen LogP contribution < -0.4 is 0 Å². The van der Waals surface area contributed by atoms with Crippen LogP contribution >= 0.6 is 15.9 Å². The van der Waals surface area contributed by atoms with Gasteiger partial charge in [-0.2, -0.15) is 0 Å². The fourth-order valence-corrected chi connectivity index (χ4v) is 2.09. The maximum absolute atomic E-state index is 13.8. The first kappa shape index (κ1) is 10.2. The third kappa shape index (κ3) is 1.55. The summed E-state index contributed by atoms with van der Waals surface area (Å²) in [7, 11) is 0. The van der Waals surface area contributed by atoms with Crippen molar-refractivity contribution in [3.8, 4) is 0 Å². The number of pyridine rings is 1. The lowest BCUT2D eigenvalue weighted by Gasteiger charge is -2.06. The molecule has 1 aromatic carbocycles. The van der Waals surface area contributed by atoms with E-state index in [9.17, 15) is 9.18 Å². The summed E-state index contributed by atoms with van der Waals surface area (Å²) in [6.07, 6.45) is 3.66. The monoisotopic (exact) mass is 267 g/mol. The Balaban J connectivity index is 3.01. The van der Waals surface area contributed by atoms with Gasteiger partial charge in [0.25, 0.3) is 0 Å². The molecule has 0 fully saturated rings. The normalized spacial score (nSPS) is 10.6. The zero-order valence-corrected chi connectivity index (χ0v) is 9.51. The van der Waals surface area contributed by atoms with Gasteiger partial charge in [0.15, 0.2) is 6.29 Å². The Morgan fingerprint density at radius 3 is 2.87 bits per heavy atom. The van der Waals surface area contributed by atoms with Crippen molar-refractivity contribution in [2.45, 2.75) is 6.92 Å². The Morgan fingerprint density at radius 2 is 2.20 bits per heavy atom. The van der Waals surface area contributed by atoms with Crippen molar-refractivity contribution in [2.24, 2.45) is 0 Å². The summed E-state index contributed by atoms with van der Waals surface area (Å²) < 4.78 is 14.5. The number of hydrogen-bond acceptors (Lipinski definition) is 2. The molecule has 15 heavy (non-hydrogen) atoms. The fourth-order valence-electron chi connectivity index (χ4n) is 1.55.